The zero-order chi connectivity index (χ0) is 9.33. The average molecular weight is 208 g/mol. The van der Waals surface area contributed by atoms with Gasteiger partial charge in [0.2, 0.25) is 0 Å². The Hall–Kier alpha value is -1.28. The summed E-state index contributed by atoms with van der Waals surface area (Å²) in [5.41, 5.74) is 0. The third-order valence-corrected chi connectivity index (χ3v) is 0. The van der Waals surface area contributed by atoms with Crippen LogP contribution in [-0.4, -0.2) is 0 Å². The molecule has 65 valence electrons. The van der Waals surface area contributed by atoms with Gasteiger partial charge in [0.05, 0.1) is 0 Å². The second-order valence-electron chi connectivity index (χ2n) is 1.81. The molecule has 0 aromatic carbocycles. The van der Waals surface area contributed by atoms with E-state index in [1.165, 1.54) is 0 Å². The summed E-state index contributed by atoms with van der Waals surface area (Å²) >= 11 is 0. The molecule has 0 aromatic rings. The molecule has 0 rings (SSSR count). The van der Waals surface area contributed by atoms with Crippen LogP contribution in [0.4, 0.5) is 0 Å². The molecular weight excluding hydrogens is 208 g/mol. The first kappa shape index (κ1) is 8.72. The Morgan fingerprint density at radius 3 is 0.400 bits per heavy atom. The Morgan fingerprint density at radius 1 is 0.400 bits per heavy atom. The summed E-state index contributed by atoms with van der Waals surface area (Å²) in [6.45, 7) is -14.4. The number of rotatable bonds is 0. The summed E-state index contributed by atoms with van der Waals surface area (Å²) in [7, 11) is 0. The van der Waals surface area contributed by atoms with E-state index in [4.69, 9.17) is 34.5 Å². The van der Waals surface area contributed by atoms with Gasteiger partial charge in [-0.3, -0.25) is 0 Å². The van der Waals surface area contributed by atoms with Gasteiger partial charge in [-0.1, -0.05) is 0 Å². The summed E-state index contributed by atoms with van der Waals surface area (Å²) in [5, 5.41) is 0. The molecule has 0 atom stereocenters. The zero-order valence-corrected chi connectivity index (χ0v) is 4.92. The van der Waals surface area contributed by atoms with E-state index in [0.717, 1.165) is 0 Å². The van der Waals surface area contributed by atoms with Crippen molar-refractivity contribution in [3.05, 3.63) is 0 Å². The second kappa shape index (κ2) is 0.289. The van der Waals surface area contributed by atoms with E-state index in [1.807, 2.05) is 0 Å². The van der Waals surface area contributed by atoms with Gasteiger partial charge >= 0.3 is 41.5 Å². The second-order valence-corrected chi connectivity index (χ2v) is 7.46. The Balaban J connectivity index is 13.1. The van der Waals surface area contributed by atoms with Gasteiger partial charge in [0.15, 0.2) is 0 Å². The van der Waals surface area contributed by atoms with Crippen LogP contribution in [0.5, 0.6) is 0 Å². The molecule has 0 radical (unpaired) electrons. The van der Waals surface area contributed by atoms with E-state index >= 15 is 0 Å². The SMILES string of the molecule is [O]=[Cu](=[O])(=[O])(=[O])(=[O])(=[O])(=[O])(=[O])=[O]. The Kier molecular flexibility index (Phi) is 0.252. The van der Waals surface area contributed by atoms with Gasteiger partial charge in [0, 0.05) is 0 Å². The van der Waals surface area contributed by atoms with Crippen molar-refractivity contribution < 1.29 is 41.5 Å². The summed E-state index contributed by atoms with van der Waals surface area (Å²) < 4.78 is 77.8. The quantitative estimate of drug-likeness (QED) is 0.451. The van der Waals surface area contributed by atoms with Crippen LogP contribution in [0.25, 0.3) is 0 Å². The van der Waals surface area contributed by atoms with Crippen LogP contribution >= 0.6 is 0 Å². The summed E-state index contributed by atoms with van der Waals surface area (Å²) in [6, 6.07) is 0. The van der Waals surface area contributed by atoms with E-state index in [0.29, 0.717) is 0 Å². The molecular formula is CuO9. The fourth-order valence-corrected chi connectivity index (χ4v) is 0. The van der Waals surface area contributed by atoms with Crippen molar-refractivity contribution in [2.45, 2.75) is 0 Å². The Bertz CT molecular complexity index is 1160. The molecule has 0 saturated heterocycles. The minimum atomic E-state index is -14.4. The maximum absolute atomic E-state index is 14.4. The van der Waals surface area contributed by atoms with Crippen LogP contribution in [-0.2, 0) is 41.5 Å². The first-order chi connectivity index (χ1) is 3.00. The molecule has 0 saturated carbocycles. The third-order valence-electron chi connectivity index (χ3n) is 0. The Labute approximate surface area is 42.4 Å². The zero-order valence-electron chi connectivity index (χ0n) is 3.98. The van der Waals surface area contributed by atoms with Gasteiger partial charge in [-0.2, -0.15) is 0 Å². The molecule has 0 spiro atoms. The van der Waals surface area contributed by atoms with Crippen LogP contribution in [0, 0.1) is 0 Å². The summed E-state index contributed by atoms with van der Waals surface area (Å²) in [5.74, 6) is 0. The summed E-state index contributed by atoms with van der Waals surface area (Å²) in [4.78, 5) is 0. The van der Waals surface area contributed by atoms with Crippen molar-refractivity contribution in [3.8, 4) is 0 Å². The van der Waals surface area contributed by atoms with E-state index < -0.39 is 6.95 Å². The Morgan fingerprint density at radius 2 is 0.400 bits per heavy atom. The molecule has 9 nitrogen and oxygen atoms in total. The van der Waals surface area contributed by atoms with Crippen LogP contribution in [0.1, 0.15) is 0 Å². The normalized spacial score (nSPS) is 34.2. The monoisotopic (exact) mass is 207 g/mol. The van der Waals surface area contributed by atoms with E-state index in [2.05, 4.69) is 0 Å². The van der Waals surface area contributed by atoms with Gasteiger partial charge in [-0.25, -0.2) is 0 Å². The molecule has 0 aromatic heterocycles. The first-order valence-electron chi connectivity index (χ1n) is 1.11. The molecule has 0 amide bonds. The fraction of sp³-hybridized carbons (Fsp3) is 0. The molecule has 0 bridgehead atoms. The predicted molar refractivity (Wildman–Crippen MR) is 6.18 cm³/mol. The molecule has 0 aliphatic rings. The number of hydrogen-bond acceptors (Lipinski definition) is 9. The minimum absolute atomic E-state index is 8.65. The van der Waals surface area contributed by atoms with Crippen molar-refractivity contribution in [2.75, 3.05) is 0 Å². The number of hydrogen-bond donors (Lipinski definition) is 0. The van der Waals surface area contributed by atoms with Gasteiger partial charge in [-0.15, -0.1) is 0 Å². The maximum atomic E-state index is 8.65. The van der Waals surface area contributed by atoms with Crippen molar-refractivity contribution in [1.29, 1.82) is 0 Å². The average Bonchev–Trinajstić information content (AvgIpc) is 0.469. The molecule has 0 fully saturated rings. The van der Waals surface area contributed by atoms with Crippen molar-refractivity contribution in [2.24, 2.45) is 0 Å². The van der Waals surface area contributed by atoms with Gasteiger partial charge in [-0.05, 0) is 0 Å². The van der Waals surface area contributed by atoms with Crippen molar-refractivity contribution in [3.63, 3.8) is 0 Å². The molecule has 0 aliphatic carbocycles. The molecule has 10 heteroatoms. The predicted octanol–water partition coefficient (Wildman–Crippen LogP) is -1.07. The fourth-order valence-electron chi connectivity index (χ4n) is 0. The van der Waals surface area contributed by atoms with Crippen molar-refractivity contribution >= 4 is 0 Å². The van der Waals surface area contributed by atoms with Crippen LogP contribution < -0.4 is 0 Å². The molecule has 0 unspecified atom stereocenters. The first-order valence-corrected chi connectivity index (χ1v) is 4.57. The van der Waals surface area contributed by atoms with Crippen LogP contribution in [0.2, 0.25) is 0 Å². The van der Waals surface area contributed by atoms with E-state index in [1.54, 1.807) is 0 Å². The molecule has 0 heterocycles. The topological polar surface area (TPSA) is 154 Å². The van der Waals surface area contributed by atoms with E-state index in [9.17, 15) is 0 Å². The standard InChI is InChI=1S/Cu.9O. The molecule has 0 N–H and O–H groups in total. The van der Waals surface area contributed by atoms with Gasteiger partial charge in [0.1, 0.15) is 0 Å². The van der Waals surface area contributed by atoms with Crippen LogP contribution in [0.3, 0.4) is 0 Å². The third kappa shape index (κ3) is 134. The van der Waals surface area contributed by atoms with Gasteiger partial charge in [0.25, 0.3) is 0 Å². The van der Waals surface area contributed by atoms with Crippen LogP contribution in [0.15, 0.2) is 0 Å². The summed E-state index contributed by atoms with van der Waals surface area (Å²) in [6.07, 6.45) is 0. The van der Waals surface area contributed by atoms with Crippen molar-refractivity contribution in [1.82, 2.24) is 0 Å². The van der Waals surface area contributed by atoms with E-state index in [-0.39, 0.29) is 0 Å². The van der Waals surface area contributed by atoms with Gasteiger partial charge < -0.3 is 0 Å². The molecule has 10 heavy (non-hydrogen) atoms. The molecule has 0 aliphatic heterocycles.